The van der Waals surface area contributed by atoms with Gasteiger partial charge in [0.05, 0.1) is 12.6 Å². The van der Waals surface area contributed by atoms with E-state index >= 15 is 0 Å². The minimum Gasteiger partial charge on any atom is -0.345 e. The van der Waals surface area contributed by atoms with Crippen molar-refractivity contribution in [2.75, 3.05) is 13.1 Å². The first-order valence-electron chi connectivity index (χ1n) is 3.89. The molecule has 0 aliphatic heterocycles. The highest BCUT2D eigenvalue weighted by Crippen LogP contribution is 1.91. The van der Waals surface area contributed by atoms with Crippen molar-refractivity contribution in [2.24, 2.45) is 11.5 Å². The Morgan fingerprint density at radius 2 is 2.17 bits per heavy atom. The van der Waals surface area contributed by atoms with Crippen molar-refractivity contribution < 1.29 is 9.59 Å². The molecule has 1 amide bonds. The summed E-state index contributed by atoms with van der Waals surface area (Å²) in [5.74, 6) is -0.316. The topological polar surface area (TPSA) is 98.2 Å². The van der Waals surface area contributed by atoms with Gasteiger partial charge >= 0.3 is 0 Å². The van der Waals surface area contributed by atoms with Crippen molar-refractivity contribution in [1.82, 2.24) is 5.32 Å². The van der Waals surface area contributed by atoms with E-state index in [1.54, 1.807) is 0 Å². The average Bonchev–Trinajstić information content (AvgIpc) is 2.11. The summed E-state index contributed by atoms with van der Waals surface area (Å²) < 4.78 is 0. The normalized spacial score (nSPS) is 12.2. The molecule has 0 spiro atoms. The van der Waals surface area contributed by atoms with Crippen molar-refractivity contribution in [3.05, 3.63) is 0 Å². The molecular formula is C7H15N3O2. The van der Waals surface area contributed by atoms with Crippen LogP contribution in [0.1, 0.15) is 12.8 Å². The third-order valence-corrected chi connectivity index (χ3v) is 1.42. The summed E-state index contributed by atoms with van der Waals surface area (Å²) in [4.78, 5) is 21.1. The van der Waals surface area contributed by atoms with Gasteiger partial charge in [0.25, 0.3) is 0 Å². The van der Waals surface area contributed by atoms with Crippen LogP contribution in [-0.4, -0.2) is 31.3 Å². The predicted molar refractivity (Wildman–Crippen MR) is 45.3 cm³/mol. The Bertz CT molecular complexity index is 150. The van der Waals surface area contributed by atoms with Gasteiger partial charge in [0.15, 0.2) is 0 Å². The lowest BCUT2D eigenvalue weighted by Gasteiger charge is -2.10. The summed E-state index contributed by atoms with van der Waals surface area (Å²) in [7, 11) is 0. The van der Waals surface area contributed by atoms with Gasteiger partial charge < -0.3 is 21.6 Å². The van der Waals surface area contributed by atoms with Crippen LogP contribution in [0.3, 0.4) is 0 Å². The molecule has 0 unspecified atom stereocenters. The quantitative estimate of drug-likeness (QED) is 0.420. The largest absolute Gasteiger partial charge is 0.345 e. The molecule has 0 saturated carbocycles. The SMILES string of the molecule is NCCC[C@H](C=O)NC(=O)CN. The fourth-order valence-electron chi connectivity index (χ4n) is 0.778. The molecule has 0 fully saturated rings. The van der Waals surface area contributed by atoms with Crippen molar-refractivity contribution in [3.63, 3.8) is 0 Å². The van der Waals surface area contributed by atoms with E-state index in [2.05, 4.69) is 5.32 Å². The number of rotatable bonds is 6. The number of amides is 1. The van der Waals surface area contributed by atoms with Crippen LogP contribution in [0.25, 0.3) is 0 Å². The smallest absolute Gasteiger partial charge is 0.234 e. The summed E-state index contributed by atoms with van der Waals surface area (Å²) in [6, 6.07) is -0.440. The standard InChI is InChI=1S/C7H15N3O2/c8-3-1-2-6(5-11)10-7(12)4-9/h5-6H,1-4,8-9H2,(H,10,12)/t6-/m1/s1. The van der Waals surface area contributed by atoms with E-state index in [1.165, 1.54) is 0 Å². The van der Waals surface area contributed by atoms with Crippen molar-refractivity contribution in [2.45, 2.75) is 18.9 Å². The highest BCUT2D eigenvalue weighted by atomic mass is 16.2. The second-order valence-electron chi connectivity index (χ2n) is 2.45. The minimum atomic E-state index is -0.440. The lowest BCUT2D eigenvalue weighted by atomic mass is 10.2. The number of hydrogen-bond acceptors (Lipinski definition) is 4. The Kier molecular flexibility index (Phi) is 6.22. The second kappa shape index (κ2) is 6.75. The fraction of sp³-hybridized carbons (Fsp3) is 0.714. The van der Waals surface area contributed by atoms with E-state index in [4.69, 9.17) is 11.5 Å². The second-order valence-corrected chi connectivity index (χ2v) is 2.45. The number of nitrogens with one attached hydrogen (secondary N) is 1. The monoisotopic (exact) mass is 173 g/mol. The van der Waals surface area contributed by atoms with Crippen LogP contribution in [0.15, 0.2) is 0 Å². The first kappa shape index (κ1) is 11.1. The third kappa shape index (κ3) is 4.81. The van der Waals surface area contributed by atoms with Gasteiger partial charge in [-0.3, -0.25) is 4.79 Å². The maximum atomic E-state index is 10.7. The summed E-state index contributed by atoms with van der Waals surface area (Å²) >= 11 is 0. The summed E-state index contributed by atoms with van der Waals surface area (Å²) in [5, 5.41) is 2.46. The summed E-state index contributed by atoms with van der Waals surface area (Å²) in [5.41, 5.74) is 10.3. The number of carbonyl (C=O) groups excluding carboxylic acids is 2. The van der Waals surface area contributed by atoms with Crippen LogP contribution in [0, 0.1) is 0 Å². The van der Waals surface area contributed by atoms with E-state index in [-0.39, 0.29) is 12.5 Å². The number of aldehydes is 1. The molecule has 5 N–H and O–H groups in total. The van der Waals surface area contributed by atoms with Gasteiger partial charge in [0, 0.05) is 0 Å². The maximum absolute atomic E-state index is 10.7. The van der Waals surface area contributed by atoms with Gasteiger partial charge in [0.1, 0.15) is 6.29 Å². The number of nitrogens with two attached hydrogens (primary N) is 2. The van der Waals surface area contributed by atoms with Crippen molar-refractivity contribution in [1.29, 1.82) is 0 Å². The van der Waals surface area contributed by atoms with Gasteiger partial charge in [-0.2, -0.15) is 0 Å². The Hall–Kier alpha value is -0.940. The van der Waals surface area contributed by atoms with E-state index in [1.807, 2.05) is 0 Å². The van der Waals surface area contributed by atoms with E-state index in [0.29, 0.717) is 25.7 Å². The molecule has 70 valence electrons. The zero-order valence-corrected chi connectivity index (χ0v) is 6.95. The third-order valence-electron chi connectivity index (χ3n) is 1.42. The van der Waals surface area contributed by atoms with Crippen molar-refractivity contribution in [3.8, 4) is 0 Å². The molecule has 5 heteroatoms. The Morgan fingerprint density at radius 3 is 2.58 bits per heavy atom. The molecule has 0 rings (SSSR count). The molecule has 0 aromatic heterocycles. The number of hydrogen-bond donors (Lipinski definition) is 3. The zero-order chi connectivity index (χ0) is 9.40. The van der Waals surface area contributed by atoms with Crippen molar-refractivity contribution >= 4 is 12.2 Å². The molecule has 0 aliphatic carbocycles. The summed E-state index contributed by atoms with van der Waals surface area (Å²) in [6.45, 7) is 0.426. The van der Waals surface area contributed by atoms with Gasteiger partial charge in [-0.05, 0) is 19.4 Å². The molecule has 0 heterocycles. The van der Waals surface area contributed by atoms with E-state index in [9.17, 15) is 9.59 Å². The summed E-state index contributed by atoms with van der Waals surface area (Å²) in [6.07, 6.45) is 1.99. The highest BCUT2D eigenvalue weighted by molar-refractivity contribution is 5.81. The molecule has 0 aromatic rings. The Balaban J connectivity index is 3.66. The maximum Gasteiger partial charge on any atom is 0.234 e. The van der Waals surface area contributed by atoms with Crippen LogP contribution < -0.4 is 16.8 Å². The predicted octanol–water partition coefficient (Wildman–Crippen LogP) is -1.63. The molecular weight excluding hydrogens is 158 g/mol. The fourth-order valence-corrected chi connectivity index (χ4v) is 0.778. The van der Waals surface area contributed by atoms with Crippen LogP contribution in [0.2, 0.25) is 0 Å². The first-order chi connectivity index (χ1) is 5.74. The Morgan fingerprint density at radius 1 is 1.50 bits per heavy atom. The first-order valence-corrected chi connectivity index (χ1v) is 3.89. The molecule has 12 heavy (non-hydrogen) atoms. The van der Waals surface area contributed by atoms with Crippen LogP contribution >= 0.6 is 0 Å². The van der Waals surface area contributed by atoms with E-state index in [0.717, 1.165) is 0 Å². The zero-order valence-electron chi connectivity index (χ0n) is 6.95. The molecule has 0 radical (unpaired) electrons. The molecule has 5 nitrogen and oxygen atoms in total. The van der Waals surface area contributed by atoms with Gasteiger partial charge in [-0.15, -0.1) is 0 Å². The van der Waals surface area contributed by atoms with Crippen LogP contribution in [0.5, 0.6) is 0 Å². The van der Waals surface area contributed by atoms with Crippen LogP contribution in [-0.2, 0) is 9.59 Å². The average molecular weight is 173 g/mol. The minimum absolute atomic E-state index is 0.0903. The molecule has 0 aliphatic rings. The van der Waals surface area contributed by atoms with Gasteiger partial charge in [-0.1, -0.05) is 0 Å². The van der Waals surface area contributed by atoms with E-state index < -0.39 is 6.04 Å². The molecule has 1 atom stereocenters. The van der Waals surface area contributed by atoms with Gasteiger partial charge in [0.2, 0.25) is 5.91 Å². The molecule has 0 bridgehead atoms. The van der Waals surface area contributed by atoms with Gasteiger partial charge in [-0.25, -0.2) is 0 Å². The molecule has 0 aromatic carbocycles. The molecule has 0 saturated heterocycles. The lowest BCUT2D eigenvalue weighted by Crippen LogP contribution is -2.39. The number of carbonyl (C=O) groups is 2. The van der Waals surface area contributed by atoms with Crippen LogP contribution in [0.4, 0.5) is 0 Å². The Labute approximate surface area is 71.5 Å². The highest BCUT2D eigenvalue weighted by Gasteiger charge is 2.08. The lowest BCUT2D eigenvalue weighted by molar-refractivity contribution is -0.122.